The van der Waals surface area contributed by atoms with Gasteiger partial charge in [-0.25, -0.2) is 12.8 Å². The predicted molar refractivity (Wildman–Crippen MR) is 120 cm³/mol. The molecule has 0 bridgehead atoms. The van der Waals surface area contributed by atoms with Crippen LogP contribution >= 0.6 is 0 Å². The summed E-state index contributed by atoms with van der Waals surface area (Å²) >= 11 is 0. The monoisotopic (exact) mass is 430 g/mol. The van der Waals surface area contributed by atoms with Gasteiger partial charge < -0.3 is 15.6 Å². The molecule has 3 rings (SSSR count). The third kappa shape index (κ3) is 5.60. The van der Waals surface area contributed by atoms with E-state index in [1.54, 1.807) is 7.05 Å². The van der Waals surface area contributed by atoms with Gasteiger partial charge in [0.1, 0.15) is 5.82 Å². The number of aromatic nitrogens is 1. The Labute approximate surface area is 176 Å². The molecule has 160 valence electrons. The van der Waals surface area contributed by atoms with Crippen LogP contribution in [-0.2, 0) is 28.6 Å². The Balaban J connectivity index is 1.61. The molecule has 1 aromatic heterocycles. The standard InChI is InChI=1S/C22H27FN4O2S/c1-15-5-4-6-20-21(15)16(12-26-20)9-10-25-22(24-2)27-13-18-11-19(23)8-7-17(18)14-30(3,28)29/h4-8,11-12,26H,9-10,13-14H2,1-3H3,(H2,24,25,27). The number of guanidine groups is 1. The van der Waals surface area contributed by atoms with Crippen LogP contribution in [0.3, 0.4) is 0 Å². The minimum atomic E-state index is -3.22. The maximum absolute atomic E-state index is 13.7. The molecule has 3 N–H and O–H groups in total. The fourth-order valence-electron chi connectivity index (χ4n) is 3.55. The smallest absolute Gasteiger partial charge is 0.191 e. The second kappa shape index (κ2) is 9.30. The predicted octanol–water partition coefficient (Wildman–Crippen LogP) is 3.07. The molecule has 0 atom stereocenters. The van der Waals surface area contributed by atoms with Gasteiger partial charge in [0.25, 0.3) is 0 Å². The molecule has 6 nitrogen and oxygen atoms in total. The van der Waals surface area contributed by atoms with Crippen LogP contribution in [0.1, 0.15) is 22.3 Å². The zero-order chi connectivity index (χ0) is 21.7. The number of benzene rings is 2. The number of hydrogen-bond donors (Lipinski definition) is 3. The summed E-state index contributed by atoms with van der Waals surface area (Å²) in [6.45, 7) is 3.04. The van der Waals surface area contributed by atoms with Gasteiger partial charge in [0.2, 0.25) is 0 Å². The molecule has 0 unspecified atom stereocenters. The van der Waals surface area contributed by atoms with E-state index in [1.807, 2.05) is 12.3 Å². The number of aryl methyl sites for hydroxylation is 1. The Morgan fingerprint density at radius 3 is 2.67 bits per heavy atom. The molecule has 2 aromatic carbocycles. The molecular formula is C22H27FN4O2S. The van der Waals surface area contributed by atoms with Gasteiger partial charge in [-0.3, -0.25) is 4.99 Å². The Morgan fingerprint density at radius 1 is 1.13 bits per heavy atom. The number of H-pyrrole nitrogens is 1. The highest BCUT2D eigenvalue weighted by Gasteiger charge is 2.11. The molecule has 0 amide bonds. The van der Waals surface area contributed by atoms with Gasteiger partial charge in [-0.2, -0.15) is 0 Å². The lowest BCUT2D eigenvalue weighted by Crippen LogP contribution is -2.38. The SMILES string of the molecule is CN=C(NCCc1c[nH]c2cccc(C)c12)NCc1cc(F)ccc1CS(C)(=O)=O. The van der Waals surface area contributed by atoms with Crippen LogP contribution in [0.5, 0.6) is 0 Å². The minimum absolute atomic E-state index is 0.129. The lowest BCUT2D eigenvalue weighted by molar-refractivity contribution is 0.599. The minimum Gasteiger partial charge on any atom is -0.361 e. The van der Waals surface area contributed by atoms with Crippen LogP contribution in [0, 0.1) is 12.7 Å². The quantitative estimate of drug-likeness (QED) is 0.397. The van der Waals surface area contributed by atoms with Crippen molar-refractivity contribution in [3.8, 4) is 0 Å². The highest BCUT2D eigenvalue weighted by atomic mass is 32.2. The second-order valence-corrected chi connectivity index (χ2v) is 9.54. The largest absolute Gasteiger partial charge is 0.361 e. The summed E-state index contributed by atoms with van der Waals surface area (Å²) in [5.74, 6) is 0.0406. The first-order valence-corrected chi connectivity index (χ1v) is 11.8. The van der Waals surface area contributed by atoms with E-state index in [4.69, 9.17) is 0 Å². The van der Waals surface area contributed by atoms with Crippen molar-refractivity contribution in [2.24, 2.45) is 4.99 Å². The van der Waals surface area contributed by atoms with E-state index in [0.29, 0.717) is 23.6 Å². The zero-order valence-corrected chi connectivity index (χ0v) is 18.2. The number of aromatic amines is 1. The fraction of sp³-hybridized carbons (Fsp3) is 0.318. The van der Waals surface area contributed by atoms with E-state index >= 15 is 0 Å². The number of nitrogens with one attached hydrogen (secondary N) is 3. The van der Waals surface area contributed by atoms with Gasteiger partial charge in [0, 0.05) is 43.5 Å². The Bertz CT molecular complexity index is 1170. The molecule has 0 aliphatic rings. The topological polar surface area (TPSA) is 86.3 Å². The normalized spacial score (nSPS) is 12.3. The van der Waals surface area contributed by atoms with Gasteiger partial charge in [-0.1, -0.05) is 18.2 Å². The molecule has 0 aliphatic heterocycles. The first-order chi connectivity index (χ1) is 14.3. The Morgan fingerprint density at radius 2 is 1.93 bits per heavy atom. The summed E-state index contributed by atoms with van der Waals surface area (Å²) in [4.78, 5) is 7.50. The van der Waals surface area contributed by atoms with Gasteiger partial charge in [-0.15, -0.1) is 0 Å². The molecular weight excluding hydrogens is 403 g/mol. The molecule has 0 saturated heterocycles. The highest BCUT2D eigenvalue weighted by molar-refractivity contribution is 7.89. The number of nitrogens with zero attached hydrogens (tertiary/aromatic N) is 1. The zero-order valence-electron chi connectivity index (χ0n) is 17.4. The van der Waals surface area contributed by atoms with E-state index in [2.05, 4.69) is 39.7 Å². The average Bonchev–Trinajstić information content (AvgIpc) is 3.10. The molecule has 0 radical (unpaired) electrons. The summed E-state index contributed by atoms with van der Waals surface area (Å²) in [6, 6.07) is 10.3. The summed E-state index contributed by atoms with van der Waals surface area (Å²) < 4.78 is 37.0. The summed E-state index contributed by atoms with van der Waals surface area (Å²) in [6.07, 6.45) is 4.01. The second-order valence-electron chi connectivity index (χ2n) is 7.40. The van der Waals surface area contributed by atoms with Crippen LogP contribution in [0.4, 0.5) is 4.39 Å². The van der Waals surface area contributed by atoms with E-state index in [9.17, 15) is 12.8 Å². The van der Waals surface area contributed by atoms with E-state index in [0.717, 1.165) is 11.9 Å². The Kier molecular flexibility index (Phi) is 6.77. The summed E-state index contributed by atoms with van der Waals surface area (Å²) in [7, 11) is -1.56. The molecule has 0 fully saturated rings. The first-order valence-electron chi connectivity index (χ1n) is 9.72. The van der Waals surface area contributed by atoms with Crippen molar-refractivity contribution >= 4 is 26.7 Å². The number of fused-ring (bicyclic) bond motifs is 1. The number of halogens is 1. The molecule has 0 saturated carbocycles. The van der Waals surface area contributed by atoms with Gasteiger partial charge in [0.05, 0.1) is 5.75 Å². The first kappa shape index (κ1) is 21.8. The van der Waals surface area contributed by atoms with Crippen molar-refractivity contribution < 1.29 is 12.8 Å². The Hall–Kier alpha value is -2.87. The molecule has 8 heteroatoms. The van der Waals surface area contributed by atoms with Crippen molar-refractivity contribution in [3.63, 3.8) is 0 Å². The van der Waals surface area contributed by atoms with Crippen LogP contribution in [0.25, 0.3) is 10.9 Å². The maximum Gasteiger partial charge on any atom is 0.191 e. The van der Waals surface area contributed by atoms with Gasteiger partial charge in [0.15, 0.2) is 15.8 Å². The van der Waals surface area contributed by atoms with Crippen molar-refractivity contribution in [1.82, 2.24) is 15.6 Å². The van der Waals surface area contributed by atoms with Crippen molar-refractivity contribution in [2.75, 3.05) is 19.8 Å². The molecule has 0 spiro atoms. The number of hydrogen-bond acceptors (Lipinski definition) is 3. The van der Waals surface area contributed by atoms with E-state index in [-0.39, 0.29) is 12.3 Å². The van der Waals surface area contributed by atoms with Crippen molar-refractivity contribution in [3.05, 3.63) is 70.7 Å². The lowest BCUT2D eigenvalue weighted by atomic mass is 10.1. The number of aliphatic imine (C=N–C) groups is 1. The summed E-state index contributed by atoms with van der Waals surface area (Å²) in [5, 5.41) is 7.64. The van der Waals surface area contributed by atoms with Crippen LogP contribution in [0.15, 0.2) is 47.6 Å². The molecule has 3 aromatic rings. The number of sulfone groups is 1. The molecule has 1 heterocycles. The van der Waals surface area contributed by atoms with Crippen LogP contribution < -0.4 is 10.6 Å². The van der Waals surface area contributed by atoms with Crippen molar-refractivity contribution in [1.29, 1.82) is 0 Å². The van der Waals surface area contributed by atoms with Crippen LogP contribution in [-0.4, -0.2) is 39.2 Å². The lowest BCUT2D eigenvalue weighted by Gasteiger charge is -2.14. The van der Waals surface area contributed by atoms with Crippen LogP contribution in [0.2, 0.25) is 0 Å². The van der Waals surface area contributed by atoms with E-state index in [1.165, 1.54) is 41.0 Å². The summed E-state index contributed by atoms with van der Waals surface area (Å²) in [5.41, 5.74) is 4.76. The molecule has 0 aliphatic carbocycles. The van der Waals surface area contributed by atoms with E-state index < -0.39 is 15.7 Å². The maximum atomic E-state index is 13.7. The number of rotatable bonds is 7. The highest BCUT2D eigenvalue weighted by Crippen LogP contribution is 2.22. The molecule has 30 heavy (non-hydrogen) atoms. The third-order valence-corrected chi connectivity index (χ3v) is 5.77. The van der Waals surface area contributed by atoms with Gasteiger partial charge >= 0.3 is 0 Å². The fourth-order valence-corrected chi connectivity index (χ4v) is 4.39. The van der Waals surface area contributed by atoms with Crippen molar-refractivity contribution in [2.45, 2.75) is 25.6 Å². The van der Waals surface area contributed by atoms with Gasteiger partial charge in [-0.05, 0) is 53.8 Å². The third-order valence-electron chi connectivity index (χ3n) is 4.94. The average molecular weight is 431 g/mol.